The minimum atomic E-state index is -0.540. The summed E-state index contributed by atoms with van der Waals surface area (Å²) in [5, 5.41) is 0.0300. The van der Waals surface area contributed by atoms with Crippen molar-refractivity contribution in [2.45, 2.75) is 6.54 Å². The molecule has 152 valence electrons. The van der Waals surface area contributed by atoms with Crippen LogP contribution in [0.15, 0.2) is 85.2 Å². The second-order valence-electron chi connectivity index (χ2n) is 7.22. The summed E-state index contributed by atoms with van der Waals surface area (Å²) >= 11 is 5.88. The van der Waals surface area contributed by atoms with Crippen LogP contribution in [0.1, 0.15) is 5.56 Å². The first-order valence-corrected chi connectivity index (χ1v) is 10.1. The Balaban J connectivity index is 1.43. The van der Waals surface area contributed by atoms with Gasteiger partial charge in [-0.25, -0.2) is 18.7 Å². The standard InChI is InChI=1S/C25H16ClF2N3/c26-20-8-4-7-19(24(20)28)25-29-22-11-12-31(15-23(22)30-25)14-16-9-10-18(21(27)13-16)17-5-2-1-3-6-17/h1-13,15H,14H2. The number of halogens is 3. The summed E-state index contributed by atoms with van der Waals surface area (Å²) in [6, 6.07) is 21.2. The number of hydrogen-bond donors (Lipinski definition) is 0. The molecule has 0 bridgehead atoms. The Kier molecular flexibility index (Phi) is 4.96. The first-order chi connectivity index (χ1) is 15.1. The first kappa shape index (κ1) is 19.4. The maximum Gasteiger partial charge on any atom is 0.163 e. The molecule has 3 aromatic rings. The van der Waals surface area contributed by atoms with E-state index >= 15 is 0 Å². The zero-order valence-electron chi connectivity index (χ0n) is 16.3. The number of imidazole rings is 1. The van der Waals surface area contributed by atoms with Gasteiger partial charge >= 0.3 is 0 Å². The quantitative estimate of drug-likeness (QED) is 0.317. The highest BCUT2D eigenvalue weighted by molar-refractivity contribution is 6.31. The summed E-state index contributed by atoms with van der Waals surface area (Å²) in [5.74, 6) is -0.524. The monoisotopic (exact) mass is 431 g/mol. The van der Waals surface area contributed by atoms with E-state index in [9.17, 15) is 8.78 Å². The molecule has 0 unspecified atom stereocenters. The van der Waals surface area contributed by atoms with Gasteiger partial charge in [-0.2, -0.15) is 0 Å². The zero-order chi connectivity index (χ0) is 21.4. The summed E-state index contributed by atoms with van der Waals surface area (Å²) in [4.78, 5) is 8.86. The third-order valence-electron chi connectivity index (χ3n) is 5.10. The van der Waals surface area contributed by atoms with E-state index in [1.807, 2.05) is 59.4 Å². The molecule has 2 aliphatic heterocycles. The van der Waals surface area contributed by atoms with Gasteiger partial charge in [0.05, 0.1) is 16.3 Å². The predicted octanol–water partition coefficient (Wildman–Crippen LogP) is 6.70. The molecule has 0 radical (unpaired) electrons. The Morgan fingerprint density at radius 1 is 0.806 bits per heavy atom. The highest BCUT2D eigenvalue weighted by Gasteiger charge is 2.17. The molecule has 2 heterocycles. The molecule has 0 N–H and O–H groups in total. The van der Waals surface area contributed by atoms with E-state index in [0.717, 1.165) is 11.1 Å². The van der Waals surface area contributed by atoms with Crippen LogP contribution in [0.2, 0.25) is 5.02 Å². The Morgan fingerprint density at radius 3 is 2.42 bits per heavy atom. The van der Waals surface area contributed by atoms with Gasteiger partial charge in [0.25, 0.3) is 0 Å². The van der Waals surface area contributed by atoms with Crippen molar-refractivity contribution >= 4 is 11.6 Å². The minimum Gasteiger partial charge on any atom is -0.348 e. The maximum absolute atomic E-state index is 14.7. The molecule has 0 saturated carbocycles. The fourth-order valence-corrected chi connectivity index (χ4v) is 3.74. The molecule has 31 heavy (non-hydrogen) atoms. The second-order valence-corrected chi connectivity index (χ2v) is 7.62. The Hall–Kier alpha value is -3.57. The van der Waals surface area contributed by atoms with Crippen molar-refractivity contribution < 1.29 is 8.78 Å². The number of benzene rings is 3. The third kappa shape index (κ3) is 3.80. The number of fused-ring (bicyclic) bond motifs is 1. The van der Waals surface area contributed by atoms with Crippen molar-refractivity contribution in [2.75, 3.05) is 0 Å². The molecule has 3 aromatic carbocycles. The molecule has 0 spiro atoms. The average Bonchev–Trinajstić information content (AvgIpc) is 3.19. The van der Waals surface area contributed by atoms with Gasteiger partial charge < -0.3 is 4.57 Å². The number of nitrogens with zero attached hydrogens (tertiary/aromatic N) is 3. The van der Waals surface area contributed by atoms with Crippen molar-refractivity contribution in [3.63, 3.8) is 0 Å². The maximum atomic E-state index is 14.7. The van der Waals surface area contributed by atoms with Gasteiger partial charge in [0.1, 0.15) is 11.5 Å². The van der Waals surface area contributed by atoms with E-state index in [1.165, 1.54) is 6.07 Å². The van der Waals surface area contributed by atoms with Crippen LogP contribution in [0, 0.1) is 11.6 Å². The molecular weight excluding hydrogens is 416 g/mol. The van der Waals surface area contributed by atoms with Crippen molar-refractivity contribution in [1.29, 1.82) is 0 Å². The molecule has 0 fully saturated rings. The smallest absolute Gasteiger partial charge is 0.163 e. The minimum absolute atomic E-state index is 0.0300. The van der Waals surface area contributed by atoms with Crippen molar-refractivity contribution in [1.82, 2.24) is 14.5 Å². The number of pyridine rings is 1. The van der Waals surface area contributed by atoms with Crippen LogP contribution in [-0.2, 0) is 6.54 Å². The van der Waals surface area contributed by atoms with E-state index in [4.69, 9.17) is 11.6 Å². The van der Waals surface area contributed by atoms with Crippen molar-refractivity contribution in [3.05, 3.63) is 107 Å². The van der Waals surface area contributed by atoms with Crippen LogP contribution in [0.25, 0.3) is 33.9 Å². The summed E-state index contributed by atoms with van der Waals surface area (Å²) in [7, 11) is 0. The molecule has 0 aromatic heterocycles. The molecule has 5 rings (SSSR count). The van der Waals surface area contributed by atoms with Crippen LogP contribution in [-0.4, -0.2) is 14.5 Å². The average molecular weight is 432 g/mol. The van der Waals surface area contributed by atoms with Crippen LogP contribution in [0.5, 0.6) is 0 Å². The van der Waals surface area contributed by atoms with E-state index < -0.39 is 5.82 Å². The molecule has 0 aliphatic carbocycles. The number of rotatable bonds is 4. The van der Waals surface area contributed by atoms with E-state index in [0.29, 0.717) is 23.5 Å². The predicted molar refractivity (Wildman–Crippen MR) is 118 cm³/mol. The van der Waals surface area contributed by atoms with Gasteiger partial charge in [0.15, 0.2) is 11.6 Å². The lowest BCUT2D eigenvalue weighted by Gasteiger charge is -2.10. The molecule has 0 atom stereocenters. The highest BCUT2D eigenvalue weighted by atomic mass is 35.5. The molecule has 3 nitrogen and oxygen atoms in total. The van der Waals surface area contributed by atoms with Gasteiger partial charge in [-0.05, 0) is 35.4 Å². The fraction of sp³-hybridized carbons (Fsp3) is 0.0400. The molecule has 6 heteroatoms. The SMILES string of the molecule is Fc1cc(Cn2ccc3nc(-c4cccc(Cl)c4F)nc-3c2)ccc1-c1ccccc1. The van der Waals surface area contributed by atoms with Gasteiger partial charge in [-0.15, -0.1) is 0 Å². The molecule has 0 amide bonds. The van der Waals surface area contributed by atoms with E-state index in [1.54, 1.807) is 24.3 Å². The molecule has 2 aliphatic rings. The number of aromatic nitrogens is 3. The third-order valence-corrected chi connectivity index (χ3v) is 5.39. The van der Waals surface area contributed by atoms with Gasteiger partial charge in [-0.3, -0.25) is 0 Å². The van der Waals surface area contributed by atoms with Gasteiger partial charge in [0.2, 0.25) is 0 Å². The largest absolute Gasteiger partial charge is 0.348 e. The Morgan fingerprint density at radius 2 is 1.61 bits per heavy atom. The van der Waals surface area contributed by atoms with Crippen LogP contribution in [0.3, 0.4) is 0 Å². The Bertz CT molecular complexity index is 1350. The van der Waals surface area contributed by atoms with Crippen LogP contribution < -0.4 is 0 Å². The normalized spacial score (nSPS) is 11.2. The lowest BCUT2D eigenvalue weighted by Crippen LogP contribution is -2.01. The zero-order valence-corrected chi connectivity index (χ0v) is 17.0. The molecule has 0 saturated heterocycles. The van der Waals surface area contributed by atoms with Crippen molar-refractivity contribution in [3.8, 4) is 33.9 Å². The summed E-state index contributed by atoms with van der Waals surface area (Å²) < 4.78 is 30.9. The molecular formula is C25H16ClF2N3. The van der Waals surface area contributed by atoms with Gasteiger partial charge in [0, 0.05) is 24.5 Å². The fourth-order valence-electron chi connectivity index (χ4n) is 3.57. The topological polar surface area (TPSA) is 30.7 Å². The second kappa shape index (κ2) is 7.93. The summed E-state index contributed by atoms with van der Waals surface area (Å²) in [6.45, 7) is 0.468. The Labute approximate surface area is 182 Å². The lowest BCUT2D eigenvalue weighted by atomic mass is 10.0. The van der Waals surface area contributed by atoms with Gasteiger partial charge in [-0.1, -0.05) is 60.1 Å². The van der Waals surface area contributed by atoms with E-state index in [2.05, 4.69) is 9.97 Å². The van der Waals surface area contributed by atoms with Crippen molar-refractivity contribution in [2.24, 2.45) is 0 Å². The van der Waals surface area contributed by atoms with E-state index in [-0.39, 0.29) is 22.2 Å². The van der Waals surface area contributed by atoms with Crippen LogP contribution >= 0.6 is 11.6 Å². The summed E-state index contributed by atoms with van der Waals surface area (Å²) in [5.41, 5.74) is 3.76. The first-order valence-electron chi connectivity index (χ1n) is 9.70. The highest BCUT2D eigenvalue weighted by Crippen LogP contribution is 2.29. The lowest BCUT2D eigenvalue weighted by molar-refractivity contribution is 0.627. The van der Waals surface area contributed by atoms with Crippen LogP contribution in [0.4, 0.5) is 8.78 Å². The summed E-state index contributed by atoms with van der Waals surface area (Å²) in [6.07, 6.45) is 3.66. The number of hydrogen-bond acceptors (Lipinski definition) is 2.